The van der Waals surface area contributed by atoms with Crippen molar-refractivity contribution in [3.8, 4) is 11.4 Å². The minimum Gasteiger partial charge on any atom is -0.384 e. The zero-order valence-corrected chi connectivity index (χ0v) is 18.4. The smallest absolute Gasteiger partial charge is 0.231 e. The Hall–Kier alpha value is -3.59. The second kappa shape index (κ2) is 8.32. The van der Waals surface area contributed by atoms with Crippen molar-refractivity contribution in [1.29, 1.82) is 0 Å². The standard InChI is InChI=1S/C25H23F2N5O2/c26-19-4-2-5-20(27)18(19)11-23(33)32-13-15-14-34-10-9-31(15)25-22(32)12-29-24(30-25)17-3-1-6-21-16(17)7-8-28-21/h1-6,12,15,28H,7-11,13-14H2. The van der Waals surface area contributed by atoms with Gasteiger partial charge < -0.3 is 19.9 Å². The fraction of sp³-hybridized carbons (Fsp3) is 0.320. The van der Waals surface area contributed by atoms with E-state index in [0.29, 0.717) is 43.6 Å². The highest BCUT2D eigenvalue weighted by molar-refractivity contribution is 5.98. The van der Waals surface area contributed by atoms with Crippen LogP contribution >= 0.6 is 0 Å². The van der Waals surface area contributed by atoms with E-state index in [1.807, 2.05) is 18.2 Å². The van der Waals surface area contributed by atoms with Gasteiger partial charge in [-0.1, -0.05) is 18.2 Å². The molecule has 3 aromatic rings. The summed E-state index contributed by atoms with van der Waals surface area (Å²) >= 11 is 0. The van der Waals surface area contributed by atoms with Crippen molar-refractivity contribution in [3.05, 3.63) is 65.4 Å². The van der Waals surface area contributed by atoms with Gasteiger partial charge in [-0.3, -0.25) is 4.79 Å². The summed E-state index contributed by atoms with van der Waals surface area (Å²) in [5.74, 6) is -0.622. The van der Waals surface area contributed by atoms with Gasteiger partial charge in [0, 0.05) is 36.4 Å². The second-order valence-corrected chi connectivity index (χ2v) is 8.71. The molecule has 1 fully saturated rings. The van der Waals surface area contributed by atoms with Crippen LogP contribution < -0.4 is 15.1 Å². The topological polar surface area (TPSA) is 70.6 Å². The predicted molar refractivity (Wildman–Crippen MR) is 124 cm³/mol. The number of aromatic nitrogens is 2. The lowest BCUT2D eigenvalue weighted by molar-refractivity contribution is -0.118. The maximum absolute atomic E-state index is 14.2. The van der Waals surface area contributed by atoms with Gasteiger partial charge in [-0.05, 0) is 30.2 Å². The van der Waals surface area contributed by atoms with Gasteiger partial charge in [0.25, 0.3) is 0 Å². The Morgan fingerprint density at radius 1 is 1.18 bits per heavy atom. The first kappa shape index (κ1) is 21.0. The van der Waals surface area contributed by atoms with E-state index in [-0.39, 0.29) is 18.0 Å². The number of rotatable bonds is 3. The molecule has 3 aliphatic heterocycles. The number of nitrogens with one attached hydrogen (secondary N) is 1. The third-order valence-electron chi connectivity index (χ3n) is 6.73. The van der Waals surface area contributed by atoms with Crippen LogP contribution in [0.25, 0.3) is 11.4 Å². The molecule has 0 radical (unpaired) electrons. The molecule has 1 N–H and O–H groups in total. The molecule has 3 aliphatic rings. The fourth-order valence-corrected chi connectivity index (χ4v) is 5.03. The van der Waals surface area contributed by atoms with Crippen LogP contribution in [0.5, 0.6) is 0 Å². The highest BCUT2D eigenvalue weighted by atomic mass is 19.1. The van der Waals surface area contributed by atoms with E-state index in [4.69, 9.17) is 9.72 Å². The molecule has 1 atom stereocenters. The van der Waals surface area contributed by atoms with Gasteiger partial charge in [0.15, 0.2) is 11.6 Å². The first-order valence-electron chi connectivity index (χ1n) is 11.4. The van der Waals surface area contributed by atoms with Crippen LogP contribution in [0.1, 0.15) is 11.1 Å². The number of morpholine rings is 1. The lowest BCUT2D eigenvalue weighted by atomic mass is 10.0. The molecule has 2 aromatic carbocycles. The summed E-state index contributed by atoms with van der Waals surface area (Å²) in [6, 6.07) is 9.55. The van der Waals surface area contributed by atoms with Crippen LogP contribution in [0.2, 0.25) is 0 Å². The Labute approximate surface area is 195 Å². The van der Waals surface area contributed by atoms with E-state index < -0.39 is 17.5 Å². The Balaban J connectivity index is 1.40. The SMILES string of the molecule is O=C(Cc1c(F)cccc1F)N1CC2COCCN2c2nc(-c3cccc4c3CCN4)ncc21. The van der Waals surface area contributed by atoms with E-state index in [9.17, 15) is 13.6 Å². The average Bonchev–Trinajstić information content (AvgIpc) is 3.34. The number of fused-ring (bicyclic) bond motifs is 4. The predicted octanol–water partition coefficient (Wildman–Crippen LogP) is 3.18. The van der Waals surface area contributed by atoms with Gasteiger partial charge in [-0.15, -0.1) is 0 Å². The summed E-state index contributed by atoms with van der Waals surface area (Å²) < 4.78 is 34.1. The van der Waals surface area contributed by atoms with Gasteiger partial charge in [-0.2, -0.15) is 0 Å². The summed E-state index contributed by atoms with van der Waals surface area (Å²) in [5, 5.41) is 3.38. The van der Waals surface area contributed by atoms with Crippen LogP contribution in [0.15, 0.2) is 42.6 Å². The summed E-state index contributed by atoms with van der Waals surface area (Å²) in [6.45, 7) is 2.87. The molecule has 1 saturated heterocycles. The Kier molecular flexibility index (Phi) is 5.13. The van der Waals surface area contributed by atoms with Gasteiger partial charge in [0.2, 0.25) is 5.91 Å². The number of nitrogens with zero attached hydrogens (tertiary/aromatic N) is 4. The molecule has 7 nitrogen and oxygen atoms in total. The van der Waals surface area contributed by atoms with E-state index >= 15 is 0 Å². The molecule has 0 spiro atoms. The number of halogens is 2. The van der Waals surface area contributed by atoms with Crippen molar-refractivity contribution in [1.82, 2.24) is 9.97 Å². The van der Waals surface area contributed by atoms with Gasteiger partial charge >= 0.3 is 0 Å². The number of benzene rings is 2. The summed E-state index contributed by atoms with van der Waals surface area (Å²) in [6.07, 6.45) is 2.16. The van der Waals surface area contributed by atoms with Crippen molar-refractivity contribution < 1.29 is 18.3 Å². The number of amides is 1. The quantitative estimate of drug-likeness (QED) is 0.644. The zero-order valence-electron chi connectivity index (χ0n) is 18.4. The highest BCUT2D eigenvalue weighted by Gasteiger charge is 2.37. The van der Waals surface area contributed by atoms with Crippen molar-refractivity contribution in [2.24, 2.45) is 0 Å². The number of ether oxygens (including phenoxy) is 1. The molecule has 174 valence electrons. The maximum atomic E-state index is 14.2. The first-order valence-corrected chi connectivity index (χ1v) is 11.4. The zero-order chi connectivity index (χ0) is 23.2. The Morgan fingerprint density at radius 3 is 2.85 bits per heavy atom. The number of carbonyl (C=O) groups is 1. The van der Waals surface area contributed by atoms with Gasteiger partial charge in [0.05, 0.1) is 31.9 Å². The number of carbonyl (C=O) groups excluding carboxylic acids is 1. The van der Waals surface area contributed by atoms with E-state index in [1.165, 1.54) is 16.5 Å². The molecule has 1 amide bonds. The Bertz CT molecular complexity index is 1260. The lowest BCUT2D eigenvalue weighted by Crippen LogP contribution is -2.57. The van der Waals surface area contributed by atoms with Crippen LogP contribution in [0.4, 0.5) is 26.0 Å². The van der Waals surface area contributed by atoms with Crippen LogP contribution in [0.3, 0.4) is 0 Å². The third-order valence-corrected chi connectivity index (χ3v) is 6.73. The molecule has 4 heterocycles. The molecule has 0 bridgehead atoms. The second-order valence-electron chi connectivity index (χ2n) is 8.71. The molecule has 9 heteroatoms. The number of hydrogen-bond donors (Lipinski definition) is 1. The number of anilines is 3. The average molecular weight is 463 g/mol. The van der Waals surface area contributed by atoms with Crippen molar-refractivity contribution >= 4 is 23.1 Å². The third kappa shape index (κ3) is 3.47. The van der Waals surface area contributed by atoms with Gasteiger partial charge in [-0.25, -0.2) is 18.7 Å². The Morgan fingerprint density at radius 2 is 2.00 bits per heavy atom. The normalized spacial score (nSPS) is 18.7. The summed E-state index contributed by atoms with van der Waals surface area (Å²) in [5.41, 5.74) is 3.55. The van der Waals surface area contributed by atoms with E-state index in [1.54, 1.807) is 6.20 Å². The first-order chi connectivity index (χ1) is 16.6. The lowest BCUT2D eigenvalue weighted by Gasteiger charge is -2.44. The van der Waals surface area contributed by atoms with Crippen LogP contribution in [-0.2, 0) is 22.4 Å². The largest absolute Gasteiger partial charge is 0.384 e. The molecular formula is C25H23F2N5O2. The molecule has 6 rings (SSSR count). The monoisotopic (exact) mass is 463 g/mol. The van der Waals surface area contributed by atoms with E-state index in [0.717, 1.165) is 36.3 Å². The van der Waals surface area contributed by atoms with E-state index in [2.05, 4.69) is 15.2 Å². The molecule has 34 heavy (non-hydrogen) atoms. The number of hydrogen-bond acceptors (Lipinski definition) is 6. The van der Waals surface area contributed by atoms with Crippen LogP contribution in [-0.4, -0.2) is 54.8 Å². The molecule has 1 aromatic heterocycles. The minimum absolute atomic E-state index is 0.0958. The summed E-state index contributed by atoms with van der Waals surface area (Å²) in [4.78, 5) is 26.5. The van der Waals surface area contributed by atoms with Crippen molar-refractivity contribution in [2.75, 3.05) is 48.0 Å². The van der Waals surface area contributed by atoms with Crippen molar-refractivity contribution in [3.63, 3.8) is 0 Å². The molecular weight excluding hydrogens is 440 g/mol. The maximum Gasteiger partial charge on any atom is 0.231 e. The van der Waals surface area contributed by atoms with Crippen LogP contribution in [0, 0.1) is 11.6 Å². The fourth-order valence-electron chi connectivity index (χ4n) is 5.03. The molecule has 0 aliphatic carbocycles. The highest BCUT2D eigenvalue weighted by Crippen LogP contribution is 2.38. The summed E-state index contributed by atoms with van der Waals surface area (Å²) in [7, 11) is 0. The molecule has 0 saturated carbocycles. The van der Waals surface area contributed by atoms with Crippen molar-refractivity contribution in [2.45, 2.75) is 18.9 Å². The molecule has 1 unspecified atom stereocenters. The minimum atomic E-state index is -0.730. The van der Waals surface area contributed by atoms with Gasteiger partial charge in [0.1, 0.15) is 17.3 Å².